The van der Waals surface area contributed by atoms with Gasteiger partial charge in [0.25, 0.3) is 0 Å². The highest BCUT2D eigenvalue weighted by Crippen LogP contribution is 2.36. The number of piperidine rings is 1. The number of fused-ring (bicyclic) bond motifs is 2. The Balaban J connectivity index is 1.21. The number of carbonyl (C=O) groups is 1. The van der Waals surface area contributed by atoms with E-state index in [-0.39, 0.29) is 26.2 Å². The van der Waals surface area contributed by atoms with Crippen LogP contribution in [0.1, 0.15) is 31.9 Å². The predicted molar refractivity (Wildman–Crippen MR) is 150 cm³/mol. The summed E-state index contributed by atoms with van der Waals surface area (Å²) in [7, 11) is 3.31. The van der Waals surface area contributed by atoms with Crippen molar-refractivity contribution < 1.29 is 33.2 Å². The van der Waals surface area contributed by atoms with E-state index in [2.05, 4.69) is 10.2 Å². The number of amides is 1. The third-order valence-corrected chi connectivity index (χ3v) is 8.27. The normalized spacial score (nSPS) is 25.7. The Morgan fingerprint density at radius 1 is 1.17 bits per heavy atom. The van der Waals surface area contributed by atoms with Crippen molar-refractivity contribution in [2.75, 3.05) is 45.7 Å². The van der Waals surface area contributed by atoms with Gasteiger partial charge in [-0.25, -0.2) is 13.9 Å². The van der Waals surface area contributed by atoms with Crippen molar-refractivity contribution in [2.24, 2.45) is 0 Å². The zero-order valence-electron chi connectivity index (χ0n) is 23.6. The average Bonchev–Trinajstić information content (AvgIpc) is 3.52. The molecular weight excluding hydrogens is 547 g/mol. The van der Waals surface area contributed by atoms with E-state index >= 15 is 4.39 Å². The van der Waals surface area contributed by atoms with Gasteiger partial charge in [0.05, 0.1) is 42.7 Å². The lowest BCUT2D eigenvalue weighted by Crippen LogP contribution is -2.67. The predicted octanol–water partition coefficient (Wildman–Crippen LogP) is 3.98. The molecule has 13 heteroatoms. The van der Waals surface area contributed by atoms with Crippen LogP contribution in [0.4, 0.5) is 15.0 Å². The van der Waals surface area contributed by atoms with Gasteiger partial charge in [-0.3, -0.25) is 4.90 Å². The van der Waals surface area contributed by atoms with Crippen LogP contribution in [-0.4, -0.2) is 101 Å². The maximum Gasteiger partial charge on any atom is 0.408 e. The number of benzene rings is 1. The fraction of sp³-hybridized carbons (Fsp3) is 0.517. The molecule has 3 aromatic rings. The molecule has 2 bridgehead atoms. The van der Waals surface area contributed by atoms with Gasteiger partial charge >= 0.3 is 6.09 Å². The van der Waals surface area contributed by atoms with E-state index in [0.29, 0.717) is 23.7 Å². The molecule has 42 heavy (non-hydrogen) atoms. The van der Waals surface area contributed by atoms with Crippen molar-refractivity contribution in [3.63, 3.8) is 0 Å². The van der Waals surface area contributed by atoms with Gasteiger partial charge in [0.2, 0.25) is 0 Å². The molecule has 2 aromatic heterocycles. The first kappa shape index (κ1) is 28.3. The van der Waals surface area contributed by atoms with Gasteiger partial charge in [0.1, 0.15) is 18.1 Å². The first-order chi connectivity index (χ1) is 20.4. The lowest BCUT2D eigenvalue weighted by atomic mass is 9.88. The van der Waals surface area contributed by atoms with Crippen LogP contribution in [-0.2, 0) is 14.2 Å². The molecule has 0 spiro atoms. The molecule has 1 amide bonds. The highest BCUT2D eigenvalue weighted by Gasteiger charge is 2.50. The lowest BCUT2D eigenvalue weighted by Gasteiger charge is -2.50. The van der Waals surface area contributed by atoms with E-state index in [1.807, 2.05) is 41.2 Å². The minimum Gasteiger partial charge on any atom is -0.467 e. The molecule has 1 unspecified atom stereocenters. The van der Waals surface area contributed by atoms with Crippen LogP contribution in [0.3, 0.4) is 0 Å². The molecule has 5 atom stereocenters. The number of carboxylic acid groups (broad SMARTS) is 1. The van der Waals surface area contributed by atoms with Crippen LogP contribution in [0.5, 0.6) is 5.75 Å². The molecule has 3 saturated heterocycles. The van der Waals surface area contributed by atoms with Crippen LogP contribution >= 0.6 is 0 Å². The second kappa shape index (κ2) is 12.2. The van der Waals surface area contributed by atoms with Crippen LogP contribution in [0.15, 0.2) is 42.6 Å². The molecule has 1 aromatic carbocycles. The Hall–Kier alpha value is -3.81. The number of anilines is 1. The van der Waals surface area contributed by atoms with Crippen molar-refractivity contribution in [3.8, 4) is 28.3 Å². The standard InChI is InChI=1S/C29H35FN6O6/c1-34(23-14-19-15-40-16-24(28(23)30)36(19)29(37)38)26-9-8-22(31-32-26)20-7-6-18(13-25(20)42-17-39-2)21-10-11-35(33-21)27-5-3-4-12-41-27/h6-11,13,19,23-24,27-28H,3-5,12,14-17H2,1-2H3,(H,37,38)/t19-,23+,24-,27?,28+/m0/s1. The summed E-state index contributed by atoms with van der Waals surface area (Å²) in [4.78, 5) is 14.7. The first-order valence-electron chi connectivity index (χ1n) is 14.2. The van der Waals surface area contributed by atoms with Crippen LogP contribution in [0, 0.1) is 0 Å². The molecular formula is C29H35FN6O6. The van der Waals surface area contributed by atoms with Crippen molar-refractivity contribution >= 4 is 11.9 Å². The maximum absolute atomic E-state index is 15.6. The Kier molecular flexibility index (Phi) is 8.22. The van der Waals surface area contributed by atoms with Crippen molar-refractivity contribution in [1.29, 1.82) is 0 Å². The zero-order chi connectivity index (χ0) is 29.2. The number of methoxy groups -OCH3 is 1. The van der Waals surface area contributed by atoms with Gasteiger partial charge < -0.3 is 29.0 Å². The van der Waals surface area contributed by atoms with Gasteiger partial charge in [0.15, 0.2) is 12.6 Å². The molecule has 1 N–H and O–H groups in total. The molecule has 3 fully saturated rings. The minimum atomic E-state index is -1.43. The number of aromatic nitrogens is 4. The van der Waals surface area contributed by atoms with Crippen LogP contribution in [0.2, 0.25) is 0 Å². The molecule has 0 saturated carbocycles. The van der Waals surface area contributed by atoms with E-state index in [4.69, 9.17) is 24.0 Å². The van der Waals surface area contributed by atoms with Gasteiger partial charge in [-0.1, -0.05) is 6.07 Å². The average molecular weight is 583 g/mol. The number of hydrogen-bond acceptors (Lipinski definition) is 9. The number of alkyl halides is 1. The van der Waals surface area contributed by atoms with Crippen molar-refractivity contribution in [2.45, 2.75) is 56.2 Å². The molecule has 3 aliphatic heterocycles. The SMILES string of the molecule is COCOc1cc(-c2ccn(C3CCCCO3)n2)ccc1-c1ccc(N(C)[C@@H]2C[C@H]3COC[C@@H]([C@@H]2F)N3C(=O)O)nn1. The van der Waals surface area contributed by atoms with Gasteiger partial charge in [-0.05, 0) is 56.0 Å². The van der Waals surface area contributed by atoms with E-state index in [1.54, 1.807) is 25.1 Å². The topological polar surface area (TPSA) is 124 Å². The van der Waals surface area contributed by atoms with E-state index in [0.717, 1.165) is 42.7 Å². The van der Waals surface area contributed by atoms with Gasteiger partial charge in [-0.2, -0.15) is 5.10 Å². The summed E-state index contributed by atoms with van der Waals surface area (Å²) in [6.45, 7) is 1.08. The second-order valence-corrected chi connectivity index (χ2v) is 10.8. The summed E-state index contributed by atoms with van der Waals surface area (Å²) >= 11 is 0. The number of rotatable bonds is 8. The molecule has 5 heterocycles. The largest absolute Gasteiger partial charge is 0.467 e. The van der Waals surface area contributed by atoms with E-state index in [9.17, 15) is 9.90 Å². The Bertz CT molecular complexity index is 1380. The Labute approximate surface area is 242 Å². The molecule has 12 nitrogen and oxygen atoms in total. The van der Waals surface area contributed by atoms with Crippen molar-refractivity contribution in [1.82, 2.24) is 24.9 Å². The lowest BCUT2D eigenvalue weighted by molar-refractivity contribution is -0.0940. The minimum absolute atomic E-state index is 0.0355. The first-order valence-corrected chi connectivity index (χ1v) is 14.2. The summed E-state index contributed by atoms with van der Waals surface area (Å²) in [5.74, 6) is 1.05. The smallest absolute Gasteiger partial charge is 0.408 e. The van der Waals surface area contributed by atoms with E-state index in [1.165, 1.54) is 4.90 Å². The summed E-state index contributed by atoms with van der Waals surface area (Å²) in [5, 5.41) is 23.2. The molecule has 3 aliphatic rings. The summed E-state index contributed by atoms with van der Waals surface area (Å²) in [5.41, 5.74) is 2.97. The highest BCUT2D eigenvalue weighted by molar-refractivity contribution is 5.73. The molecule has 0 aliphatic carbocycles. The van der Waals surface area contributed by atoms with Gasteiger partial charge in [0, 0.05) is 38.1 Å². The van der Waals surface area contributed by atoms with Crippen LogP contribution in [0.25, 0.3) is 22.5 Å². The molecule has 0 radical (unpaired) electrons. The van der Waals surface area contributed by atoms with Gasteiger partial charge in [-0.15, -0.1) is 10.2 Å². The Morgan fingerprint density at radius 2 is 2.05 bits per heavy atom. The summed E-state index contributed by atoms with van der Waals surface area (Å²) < 4.78 is 39.8. The number of morpholine rings is 1. The summed E-state index contributed by atoms with van der Waals surface area (Å²) in [6.07, 6.45) is 2.76. The summed E-state index contributed by atoms with van der Waals surface area (Å²) in [6, 6.07) is 9.49. The van der Waals surface area contributed by atoms with E-state index < -0.39 is 30.4 Å². The molecule has 6 rings (SSSR count). The maximum atomic E-state index is 15.6. The zero-order valence-corrected chi connectivity index (χ0v) is 23.6. The quantitative estimate of drug-likeness (QED) is 0.390. The third-order valence-electron chi connectivity index (χ3n) is 8.27. The third kappa shape index (κ3) is 5.51. The Morgan fingerprint density at radius 3 is 2.79 bits per heavy atom. The fourth-order valence-corrected chi connectivity index (χ4v) is 6.06. The fourth-order valence-electron chi connectivity index (χ4n) is 6.06. The van der Waals surface area contributed by atoms with Crippen LogP contribution < -0.4 is 9.64 Å². The number of ether oxygens (including phenoxy) is 4. The number of hydrogen-bond donors (Lipinski definition) is 1. The number of nitrogens with zero attached hydrogens (tertiary/aromatic N) is 6. The second-order valence-electron chi connectivity index (χ2n) is 10.8. The van der Waals surface area contributed by atoms with Crippen molar-refractivity contribution in [3.05, 3.63) is 42.6 Å². The number of halogens is 1. The molecule has 224 valence electrons. The monoisotopic (exact) mass is 582 g/mol. The highest BCUT2D eigenvalue weighted by atomic mass is 19.1.